The molecule has 1 aromatic carbocycles. The zero-order valence-electron chi connectivity index (χ0n) is 13.5. The van der Waals surface area contributed by atoms with E-state index in [2.05, 4.69) is 19.1 Å². The summed E-state index contributed by atoms with van der Waals surface area (Å²) in [5.74, 6) is 0.0504. The van der Waals surface area contributed by atoms with Gasteiger partial charge in [0, 0.05) is 17.3 Å². The van der Waals surface area contributed by atoms with Crippen LogP contribution in [0.3, 0.4) is 0 Å². The van der Waals surface area contributed by atoms with Crippen LogP contribution in [0, 0.1) is 6.92 Å². The second kappa shape index (κ2) is 7.49. The van der Waals surface area contributed by atoms with Gasteiger partial charge < -0.3 is 4.90 Å². The molecule has 126 valence electrons. The fraction of sp³-hybridized carbons (Fsp3) is 0.316. The molecule has 0 spiro atoms. The van der Waals surface area contributed by atoms with Crippen molar-refractivity contribution in [2.24, 2.45) is 0 Å². The van der Waals surface area contributed by atoms with E-state index in [1.807, 2.05) is 23.1 Å². The maximum Gasteiger partial charge on any atom is 0.246 e. The number of carbonyl (C=O) groups excluding carboxylic acids is 1. The predicted octanol–water partition coefficient (Wildman–Crippen LogP) is 5.10. The minimum Gasteiger partial charge on any atom is -0.333 e. The first kappa shape index (κ1) is 17.2. The summed E-state index contributed by atoms with van der Waals surface area (Å²) in [7, 11) is 0. The van der Waals surface area contributed by atoms with Gasteiger partial charge in [-0.2, -0.15) is 0 Å². The molecule has 1 amide bonds. The van der Waals surface area contributed by atoms with Gasteiger partial charge in [-0.25, -0.2) is 0 Å². The molecule has 1 aromatic heterocycles. The van der Waals surface area contributed by atoms with Gasteiger partial charge in [-0.15, -0.1) is 11.3 Å². The van der Waals surface area contributed by atoms with Crippen molar-refractivity contribution in [2.45, 2.75) is 25.8 Å². The number of carbonyl (C=O) groups is 1. The summed E-state index contributed by atoms with van der Waals surface area (Å²) in [6.45, 7) is 2.82. The third kappa shape index (κ3) is 3.55. The van der Waals surface area contributed by atoms with Gasteiger partial charge in [0.15, 0.2) is 0 Å². The van der Waals surface area contributed by atoms with Gasteiger partial charge in [-0.1, -0.05) is 41.9 Å². The lowest BCUT2D eigenvalue weighted by Gasteiger charge is -2.33. The second-order valence-corrected chi connectivity index (χ2v) is 7.71. The minimum atomic E-state index is -0.444. The maximum atomic E-state index is 12.4. The van der Waals surface area contributed by atoms with E-state index >= 15 is 0 Å². The van der Waals surface area contributed by atoms with Crippen LogP contribution < -0.4 is 0 Å². The number of allylic oxidation sites excluding steroid dienone is 1. The van der Waals surface area contributed by atoms with E-state index in [0.29, 0.717) is 13.1 Å². The highest BCUT2D eigenvalue weighted by Gasteiger charge is 2.31. The summed E-state index contributed by atoms with van der Waals surface area (Å²) < 4.78 is 13.0. The van der Waals surface area contributed by atoms with Crippen molar-refractivity contribution >= 4 is 28.8 Å². The summed E-state index contributed by atoms with van der Waals surface area (Å²) in [4.78, 5) is 15.4. The average Bonchev–Trinajstić information content (AvgIpc) is 2.95. The zero-order valence-corrected chi connectivity index (χ0v) is 15.0. The number of fused-ring (bicyclic) bond motifs is 1. The lowest BCUT2D eigenvalue weighted by molar-refractivity contribution is -0.127. The molecule has 0 bridgehead atoms. The van der Waals surface area contributed by atoms with Gasteiger partial charge >= 0.3 is 0 Å². The Morgan fingerprint density at radius 2 is 2.21 bits per heavy atom. The van der Waals surface area contributed by atoms with Crippen LogP contribution in [0.2, 0.25) is 4.34 Å². The normalized spacial score (nSPS) is 17.3. The Morgan fingerprint density at radius 3 is 2.96 bits per heavy atom. The molecule has 0 saturated carbocycles. The van der Waals surface area contributed by atoms with Crippen LogP contribution >= 0.6 is 22.9 Å². The van der Waals surface area contributed by atoms with Crippen LogP contribution in [-0.4, -0.2) is 24.0 Å². The molecule has 2 aromatic rings. The number of thiophene rings is 1. The van der Waals surface area contributed by atoms with E-state index in [4.69, 9.17) is 11.6 Å². The Hall–Kier alpha value is -1.65. The fourth-order valence-corrected chi connectivity index (χ4v) is 4.51. The van der Waals surface area contributed by atoms with Crippen molar-refractivity contribution in [2.75, 3.05) is 13.2 Å². The second-order valence-electron chi connectivity index (χ2n) is 5.94. The number of benzene rings is 1. The molecule has 5 heteroatoms. The number of nitrogens with zero attached hydrogens (tertiary/aromatic N) is 1. The quantitative estimate of drug-likeness (QED) is 0.692. The van der Waals surface area contributed by atoms with Crippen LogP contribution in [0.25, 0.3) is 0 Å². The first-order valence-corrected chi connectivity index (χ1v) is 9.14. The Balaban J connectivity index is 1.93. The van der Waals surface area contributed by atoms with Crippen LogP contribution in [-0.2, 0) is 11.3 Å². The Morgan fingerprint density at radius 1 is 1.42 bits per heavy atom. The number of alkyl halides is 1. The molecule has 24 heavy (non-hydrogen) atoms. The van der Waals surface area contributed by atoms with Crippen molar-refractivity contribution in [3.8, 4) is 0 Å². The van der Waals surface area contributed by atoms with E-state index < -0.39 is 6.67 Å². The van der Waals surface area contributed by atoms with Gasteiger partial charge in [0.1, 0.15) is 0 Å². The van der Waals surface area contributed by atoms with Crippen molar-refractivity contribution in [1.29, 1.82) is 0 Å². The van der Waals surface area contributed by atoms with Gasteiger partial charge in [0.05, 0.1) is 17.6 Å². The standard InChI is InChI=1S/C19H19ClFNOS/c1-13-6-2-3-7-14(13)16-11-22(19(23)8-4-5-9-21)12-17-15(16)10-18(20)24-17/h2-4,6-8,10,16H,5,9,11-12H2,1H3/b8-4+/t16-/m1/s1. The molecule has 0 N–H and O–H groups in total. The molecule has 2 heterocycles. The topological polar surface area (TPSA) is 20.3 Å². The summed E-state index contributed by atoms with van der Waals surface area (Å²) in [5.41, 5.74) is 3.65. The molecule has 3 rings (SSSR count). The fourth-order valence-electron chi connectivity index (χ4n) is 3.15. The van der Waals surface area contributed by atoms with Gasteiger partial charge in [0.2, 0.25) is 5.91 Å². The van der Waals surface area contributed by atoms with E-state index in [1.54, 1.807) is 6.08 Å². The number of rotatable bonds is 4. The molecule has 1 aliphatic heterocycles. The van der Waals surface area contributed by atoms with Gasteiger partial charge in [-0.05, 0) is 42.2 Å². The number of halogens is 2. The summed E-state index contributed by atoms with van der Waals surface area (Å²) in [6.07, 6.45) is 3.35. The smallest absolute Gasteiger partial charge is 0.246 e. The van der Waals surface area contributed by atoms with E-state index in [-0.39, 0.29) is 18.2 Å². The van der Waals surface area contributed by atoms with Crippen LogP contribution in [0.4, 0.5) is 4.39 Å². The average molecular weight is 364 g/mol. The predicted molar refractivity (Wildman–Crippen MR) is 97.5 cm³/mol. The number of hydrogen-bond donors (Lipinski definition) is 0. The Labute approximate surface area is 150 Å². The third-order valence-corrected chi connectivity index (χ3v) is 5.60. The van der Waals surface area contributed by atoms with E-state index in [1.165, 1.54) is 34.1 Å². The summed E-state index contributed by atoms with van der Waals surface area (Å²) in [5, 5.41) is 0. The largest absolute Gasteiger partial charge is 0.333 e. The highest BCUT2D eigenvalue weighted by Crippen LogP contribution is 2.40. The summed E-state index contributed by atoms with van der Waals surface area (Å²) >= 11 is 7.76. The molecular weight excluding hydrogens is 345 g/mol. The van der Waals surface area contributed by atoms with Crippen molar-refractivity contribution in [1.82, 2.24) is 4.90 Å². The molecule has 0 saturated heterocycles. The number of hydrogen-bond acceptors (Lipinski definition) is 2. The molecule has 1 aliphatic rings. The first-order chi connectivity index (χ1) is 11.6. The SMILES string of the molecule is Cc1ccccc1[C@H]1CN(C(=O)/C=C/CCF)Cc2sc(Cl)cc21. The van der Waals surface area contributed by atoms with Crippen molar-refractivity contribution in [3.63, 3.8) is 0 Å². The highest BCUT2D eigenvalue weighted by atomic mass is 35.5. The first-order valence-electron chi connectivity index (χ1n) is 7.95. The summed E-state index contributed by atoms with van der Waals surface area (Å²) in [6, 6.07) is 10.3. The van der Waals surface area contributed by atoms with Gasteiger partial charge in [0.25, 0.3) is 0 Å². The molecule has 0 unspecified atom stereocenters. The molecule has 0 radical (unpaired) electrons. The van der Waals surface area contributed by atoms with E-state index in [0.717, 1.165) is 9.21 Å². The monoisotopic (exact) mass is 363 g/mol. The van der Waals surface area contributed by atoms with Crippen LogP contribution in [0.15, 0.2) is 42.5 Å². The molecule has 2 nitrogen and oxygen atoms in total. The highest BCUT2D eigenvalue weighted by molar-refractivity contribution is 7.16. The Bertz CT molecular complexity index is 770. The molecular formula is C19H19ClFNOS. The lowest BCUT2D eigenvalue weighted by Crippen LogP contribution is -2.37. The maximum absolute atomic E-state index is 12.4. The Kier molecular flexibility index (Phi) is 5.36. The van der Waals surface area contributed by atoms with Crippen molar-refractivity contribution in [3.05, 3.63) is 68.4 Å². The lowest BCUT2D eigenvalue weighted by atomic mass is 9.86. The minimum absolute atomic E-state index is 0.0720. The number of aryl methyl sites for hydroxylation is 1. The van der Waals surface area contributed by atoms with Gasteiger partial charge in [-0.3, -0.25) is 9.18 Å². The molecule has 0 fully saturated rings. The molecule has 1 atom stereocenters. The van der Waals surface area contributed by atoms with Crippen LogP contribution in [0.1, 0.15) is 33.9 Å². The van der Waals surface area contributed by atoms with Crippen LogP contribution in [0.5, 0.6) is 0 Å². The number of amides is 1. The third-order valence-electron chi connectivity index (χ3n) is 4.34. The molecule has 0 aliphatic carbocycles. The van der Waals surface area contributed by atoms with E-state index in [9.17, 15) is 9.18 Å². The van der Waals surface area contributed by atoms with Crippen molar-refractivity contribution < 1.29 is 9.18 Å². The zero-order chi connectivity index (χ0) is 17.1.